The van der Waals surface area contributed by atoms with Crippen LogP contribution in [0.5, 0.6) is 5.75 Å². The molecule has 1 aromatic rings. The summed E-state index contributed by atoms with van der Waals surface area (Å²) in [5, 5.41) is 15.2. The van der Waals surface area contributed by atoms with Gasteiger partial charge in [0.05, 0.1) is 12.8 Å². The molecule has 0 bridgehead atoms. The molecule has 17 heteroatoms. The minimum Gasteiger partial charge on any atom is -0.507 e. The maximum absolute atomic E-state index is 14.2. The first-order valence-corrected chi connectivity index (χ1v) is 42.8. The number of benzene rings is 1. The van der Waals surface area contributed by atoms with Gasteiger partial charge in [-0.1, -0.05) is 145 Å². The number of phenolic OH excluding ortho intramolecular Hbond substituents is 1. The van der Waals surface area contributed by atoms with Crippen LogP contribution in [0.4, 0.5) is 0 Å². The van der Waals surface area contributed by atoms with Gasteiger partial charge in [-0.3, -0.25) is 53.3 Å². The maximum atomic E-state index is 14.2. The zero-order chi connectivity index (χ0) is 83.1. The van der Waals surface area contributed by atoms with Crippen LogP contribution in [0, 0.1) is 11.3 Å². The van der Waals surface area contributed by atoms with Crippen LogP contribution in [0.3, 0.4) is 0 Å². The number of nitrogens with zero attached hydrogens (tertiary/aromatic N) is 5. The summed E-state index contributed by atoms with van der Waals surface area (Å²) in [6.07, 6.45) is 24.3. The highest BCUT2D eigenvalue weighted by molar-refractivity contribution is 6.04. The molecule has 17 nitrogen and oxygen atoms in total. The number of nitrogens with one attached hydrogen (secondary N) is 1. The fourth-order valence-electron chi connectivity index (χ4n) is 20.1. The van der Waals surface area contributed by atoms with Crippen molar-refractivity contribution in [2.24, 2.45) is 11.3 Å². The Bertz CT molecular complexity index is 2960. The van der Waals surface area contributed by atoms with E-state index < -0.39 is 17.4 Å². The molecule has 109 heavy (non-hydrogen) atoms. The van der Waals surface area contributed by atoms with Gasteiger partial charge in [-0.2, -0.15) is 0 Å². The minimum atomic E-state index is -0.710. The van der Waals surface area contributed by atoms with Crippen LogP contribution in [0.15, 0.2) is 12.1 Å². The van der Waals surface area contributed by atoms with Gasteiger partial charge in [0.15, 0.2) is 0 Å². The van der Waals surface area contributed by atoms with Crippen LogP contribution in [-0.4, -0.2) is 179 Å². The van der Waals surface area contributed by atoms with E-state index in [0.29, 0.717) is 25.0 Å². The van der Waals surface area contributed by atoms with E-state index in [9.17, 15) is 33.9 Å². The number of hydrogen-bond donors (Lipinski definition) is 2. The van der Waals surface area contributed by atoms with Crippen molar-refractivity contribution < 1.29 is 52.8 Å². The highest BCUT2D eigenvalue weighted by Gasteiger charge is 2.52. The van der Waals surface area contributed by atoms with Crippen molar-refractivity contribution in [3.05, 3.63) is 28.8 Å². The molecule has 0 saturated carbocycles. The van der Waals surface area contributed by atoms with Crippen molar-refractivity contribution in [3.63, 3.8) is 0 Å². The topological polar surface area (TPSA) is 188 Å². The Morgan fingerprint density at radius 3 is 1.04 bits per heavy atom. The number of imide groups is 1. The van der Waals surface area contributed by atoms with Crippen LogP contribution < -0.4 is 5.32 Å². The van der Waals surface area contributed by atoms with Gasteiger partial charge in [0.25, 0.3) is 0 Å². The highest BCUT2D eigenvalue weighted by atomic mass is 16.6. The summed E-state index contributed by atoms with van der Waals surface area (Å²) in [4.78, 5) is 90.1. The summed E-state index contributed by atoms with van der Waals surface area (Å²) >= 11 is 0. The van der Waals surface area contributed by atoms with E-state index in [1.807, 2.05) is 0 Å². The number of likely N-dealkylation sites (tertiary alicyclic amines) is 5. The van der Waals surface area contributed by atoms with Crippen molar-refractivity contribution >= 4 is 35.7 Å². The summed E-state index contributed by atoms with van der Waals surface area (Å²) in [5.41, 5.74) is 0.606. The predicted molar refractivity (Wildman–Crippen MR) is 446 cm³/mol. The third-order valence-corrected chi connectivity index (χ3v) is 26.7. The van der Waals surface area contributed by atoms with Gasteiger partial charge in [0.1, 0.15) is 36.6 Å². The standard InChI is InChI=1S/C44H76N2O5.C25H46N2O2.C23H42N2O4/c1-18-19-20-44(28-35(47)50-31-24-40(8,9)45(16)41(10,11)25-31,29-36(48)51-32-26-42(12,13)46(17)43(14,15)27-32)23-30-21-33(38(2,3)4)37(49)34(22-30)39(5,6)7;1-6-7-8-9-10-11-12-13-14-15-16-20-17-22(28)27(23(20)29)21-18-24(2,3)26-25(4,5)19-21;1-20(2)12-16(13-21(3,4)24(20)9)28-18(26)11-19(27)29-17-14-22(5,6)25(10)23(7,8)15-17/h21-22,31-32,49H,18-20,23-29H2,1-17H3;20-21,26H,6-19H2,1-5H3;16-17H,11-15H2,1-10H3. The van der Waals surface area contributed by atoms with Gasteiger partial charge in [0.2, 0.25) is 11.8 Å². The van der Waals surface area contributed by atoms with Gasteiger partial charge in [-0.25, -0.2) is 0 Å². The number of esters is 4. The lowest BCUT2D eigenvalue weighted by molar-refractivity contribution is -0.170. The lowest BCUT2D eigenvalue weighted by Crippen LogP contribution is -2.62. The van der Waals surface area contributed by atoms with E-state index in [1.165, 1.54) is 57.8 Å². The molecule has 6 fully saturated rings. The zero-order valence-corrected chi connectivity index (χ0v) is 75.9. The van der Waals surface area contributed by atoms with Crippen LogP contribution >= 0.6 is 0 Å². The number of carbonyl (C=O) groups is 6. The van der Waals surface area contributed by atoms with E-state index in [0.717, 1.165) is 107 Å². The van der Waals surface area contributed by atoms with Crippen molar-refractivity contribution in [1.82, 2.24) is 29.8 Å². The number of unbranched alkanes of at least 4 members (excludes halogenated alkanes) is 10. The summed E-state index contributed by atoms with van der Waals surface area (Å²) in [7, 11) is 8.53. The van der Waals surface area contributed by atoms with E-state index in [4.69, 9.17) is 18.9 Å². The third kappa shape index (κ3) is 27.0. The molecular formula is C92H164N6O11. The van der Waals surface area contributed by atoms with Crippen LogP contribution in [-0.2, 0) is 65.0 Å². The Labute approximate surface area is 665 Å². The molecule has 6 aliphatic rings. The summed E-state index contributed by atoms with van der Waals surface area (Å²) in [6, 6.07) is 4.25. The summed E-state index contributed by atoms with van der Waals surface area (Å²) in [5.74, 6) is -1.03. The van der Waals surface area contributed by atoms with Crippen molar-refractivity contribution in [2.45, 2.75) is 477 Å². The SMILES string of the molecule is CCCCC(CC(=O)OC1CC(C)(C)N(C)C(C)(C)C1)(CC(=O)OC1CC(C)(C)N(C)C(C)(C)C1)Cc1cc(C(C)(C)C)c(O)c(C(C)(C)C)c1.CCCCCCCCCCCCC1CC(=O)N(C2CC(C)(C)NC(C)(C)C2)C1=O.CN1C(C)(C)CC(OC(=O)CC(=O)OC2CC(C)(C)N(C)C(C)(C)C2)CC1(C)C. The first kappa shape index (κ1) is 95.4. The second-order valence-corrected chi connectivity index (χ2v) is 43.6. The summed E-state index contributed by atoms with van der Waals surface area (Å²) < 4.78 is 24.2. The Balaban J connectivity index is 0.000000313. The van der Waals surface area contributed by atoms with Crippen LogP contribution in [0.25, 0.3) is 0 Å². The van der Waals surface area contributed by atoms with Gasteiger partial charge < -0.3 is 29.4 Å². The first-order chi connectivity index (χ1) is 49.6. The molecule has 2 amide bonds. The number of ether oxygens (including phenoxy) is 4. The number of aromatic hydroxyl groups is 1. The van der Waals surface area contributed by atoms with Gasteiger partial charge in [-0.15, -0.1) is 0 Å². The smallest absolute Gasteiger partial charge is 0.317 e. The average Bonchev–Trinajstić information content (AvgIpc) is 1.69. The number of piperidine rings is 5. The molecule has 1 unspecified atom stereocenters. The molecule has 6 aliphatic heterocycles. The summed E-state index contributed by atoms with van der Waals surface area (Å²) in [6.45, 7) is 60.8. The first-order valence-electron chi connectivity index (χ1n) is 42.8. The van der Waals surface area contributed by atoms with Crippen LogP contribution in [0.1, 0.15) is 390 Å². The van der Waals surface area contributed by atoms with Gasteiger partial charge in [-0.05, 0) is 232 Å². The van der Waals surface area contributed by atoms with Crippen LogP contribution in [0.2, 0.25) is 0 Å². The number of hydrogen-bond acceptors (Lipinski definition) is 16. The molecule has 7 rings (SSSR count). The van der Waals surface area contributed by atoms with E-state index in [2.05, 4.69) is 259 Å². The van der Waals surface area contributed by atoms with Crippen molar-refractivity contribution in [2.75, 3.05) is 28.2 Å². The van der Waals surface area contributed by atoms with E-state index >= 15 is 0 Å². The normalized spacial score (nSPS) is 24.0. The fourth-order valence-corrected chi connectivity index (χ4v) is 20.1. The maximum Gasteiger partial charge on any atom is 0.317 e. The fraction of sp³-hybridized carbons (Fsp3) is 0.870. The Hall–Kier alpha value is -4.16. The van der Waals surface area contributed by atoms with Gasteiger partial charge >= 0.3 is 23.9 Å². The number of rotatable bonds is 27. The molecule has 628 valence electrons. The highest BCUT2D eigenvalue weighted by Crippen LogP contribution is 2.48. The molecule has 6 saturated heterocycles. The van der Waals surface area contributed by atoms with E-state index in [-0.39, 0.29) is 146 Å². The lowest BCUT2D eigenvalue weighted by atomic mass is 9.70. The Kier molecular flexibility index (Phi) is 32.2. The average molecular weight is 1530 g/mol. The Morgan fingerprint density at radius 2 is 0.734 bits per heavy atom. The zero-order valence-electron chi connectivity index (χ0n) is 75.9. The number of carbonyl (C=O) groups excluding carboxylic acids is 6. The minimum absolute atomic E-state index is 0.0407. The molecular weight excluding hydrogens is 1370 g/mol. The van der Waals surface area contributed by atoms with Gasteiger partial charge in [0, 0.05) is 125 Å². The predicted octanol–water partition coefficient (Wildman–Crippen LogP) is 19.6. The van der Waals surface area contributed by atoms with Crippen molar-refractivity contribution in [3.8, 4) is 5.75 Å². The third-order valence-electron chi connectivity index (χ3n) is 26.7. The second kappa shape index (κ2) is 36.8. The molecule has 0 radical (unpaired) electrons. The monoisotopic (exact) mass is 1530 g/mol. The lowest BCUT2D eigenvalue weighted by Gasteiger charge is -2.53. The largest absolute Gasteiger partial charge is 0.507 e. The van der Waals surface area contributed by atoms with E-state index in [1.54, 1.807) is 4.90 Å². The second-order valence-electron chi connectivity index (χ2n) is 43.6. The quantitative estimate of drug-likeness (QED) is 0.0278. The molecule has 0 spiro atoms. The molecule has 2 N–H and O–H groups in total. The number of phenols is 1. The Morgan fingerprint density at radius 1 is 0.440 bits per heavy atom. The molecule has 1 atom stereocenters. The molecule has 6 heterocycles. The molecule has 0 aliphatic carbocycles. The van der Waals surface area contributed by atoms with Crippen molar-refractivity contribution in [1.29, 1.82) is 0 Å². The number of amides is 2. The molecule has 1 aromatic carbocycles. The molecule has 0 aromatic heterocycles.